The molecule has 1 atom stereocenters. The van der Waals surface area contributed by atoms with E-state index in [1.165, 1.54) is 11.5 Å². The Hall–Kier alpha value is -0.970. The second-order valence-corrected chi connectivity index (χ2v) is 5.85. The van der Waals surface area contributed by atoms with Gasteiger partial charge in [-0.25, -0.2) is 0 Å². The van der Waals surface area contributed by atoms with Crippen LogP contribution in [0.2, 0.25) is 0 Å². The zero-order valence-corrected chi connectivity index (χ0v) is 11.4. The van der Waals surface area contributed by atoms with Gasteiger partial charge in [0.05, 0.1) is 7.11 Å². The first kappa shape index (κ1) is 13.1. The molecule has 0 spiro atoms. The number of methoxy groups -OCH3 is 1. The van der Waals surface area contributed by atoms with Crippen LogP contribution in [0.4, 0.5) is 10.8 Å². The highest BCUT2D eigenvalue weighted by Gasteiger charge is 2.21. The van der Waals surface area contributed by atoms with Crippen molar-refractivity contribution in [3.05, 3.63) is 0 Å². The lowest BCUT2D eigenvalue weighted by Crippen LogP contribution is -2.24. The van der Waals surface area contributed by atoms with Gasteiger partial charge in [-0.15, -0.1) is 0 Å². The Labute approximate surface area is 101 Å². The minimum Gasteiger partial charge on any atom is -0.490 e. The molecule has 92 valence electrons. The van der Waals surface area contributed by atoms with Crippen molar-refractivity contribution in [2.75, 3.05) is 24.7 Å². The number of nitrogen functional groups attached to an aromatic ring is 1. The molecule has 5 heteroatoms. The van der Waals surface area contributed by atoms with Crippen LogP contribution in [-0.4, -0.2) is 18.0 Å². The molecule has 1 rings (SSSR count). The quantitative estimate of drug-likeness (QED) is 0.853. The van der Waals surface area contributed by atoms with Crippen molar-refractivity contribution in [3.63, 3.8) is 0 Å². The maximum absolute atomic E-state index is 5.68. The van der Waals surface area contributed by atoms with Crippen molar-refractivity contribution in [1.82, 2.24) is 4.37 Å². The SMILES string of the molecule is COc1c(N)nsc1NCC(C)C(C)(C)C. The molecule has 0 amide bonds. The number of hydrogen-bond acceptors (Lipinski definition) is 5. The summed E-state index contributed by atoms with van der Waals surface area (Å²) in [5.41, 5.74) is 5.97. The molecule has 1 aromatic rings. The van der Waals surface area contributed by atoms with Crippen LogP contribution in [0.1, 0.15) is 27.7 Å². The van der Waals surface area contributed by atoms with E-state index in [0.29, 0.717) is 17.5 Å². The maximum atomic E-state index is 5.68. The monoisotopic (exact) mass is 243 g/mol. The first-order valence-corrected chi connectivity index (χ1v) is 6.16. The predicted octanol–water partition coefficient (Wildman–Crippen LogP) is 2.83. The van der Waals surface area contributed by atoms with Gasteiger partial charge in [-0.3, -0.25) is 0 Å². The molecule has 0 radical (unpaired) electrons. The molecule has 1 aromatic heterocycles. The van der Waals surface area contributed by atoms with E-state index >= 15 is 0 Å². The van der Waals surface area contributed by atoms with Gasteiger partial charge in [-0.2, -0.15) is 4.37 Å². The van der Waals surface area contributed by atoms with E-state index in [1.807, 2.05) is 0 Å². The molecule has 3 N–H and O–H groups in total. The molecule has 0 aliphatic carbocycles. The number of hydrogen-bond donors (Lipinski definition) is 2. The predicted molar refractivity (Wildman–Crippen MR) is 70.2 cm³/mol. The average molecular weight is 243 g/mol. The number of aromatic nitrogens is 1. The second-order valence-electron chi connectivity index (χ2n) is 5.08. The molecule has 0 aliphatic heterocycles. The van der Waals surface area contributed by atoms with Crippen LogP contribution in [0.3, 0.4) is 0 Å². The van der Waals surface area contributed by atoms with Gasteiger partial charge >= 0.3 is 0 Å². The summed E-state index contributed by atoms with van der Waals surface area (Å²) in [7, 11) is 1.61. The smallest absolute Gasteiger partial charge is 0.197 e. The summed E-state index contributed by atoms with van der Waals surface area (Å²) in [6.45, 7) is 9.82. The van der Waals surface area contributed by atoms with E-state index < -0.39 is 0 Å². The second kappa shape index (κ2) is 4.91. The van der Waals surface area contributed by atoms with Crippen LogP contribution in [0.5, 0.6) is 5.75 Å². The Morgan fingerprint density at radius 3 is 2.62 bits per heavy atom. The van der Waals surface area contributed by atoms with E-state index in [9.17, 15) is 0 Å². The van der Waals surface area contributed by atoms with Gasteiger partial charge in [0, 0.05) is 6.54 Å². The summed E-state index contributed by atoms with van der Waals surface area (Å²) in [5.74, 6) is 1.67. The highest BCUT2D eigenvalue weighted by molar-refractivity contribution is 7.11. The van der Waals surface area contributed by atoms with Gasteiger partial charge in [-0.1, -0.05) is 27.7 Å². The van der Waals surface area contributed by atoms with Gasteiger partial charge in [0.15, 0.2) is 16.6 Å². The summed E-state index contributed by atoms with van der Waals surface area (Å²) >= 11 is 1.34. The summed E-state index contributed by atoms with van der Waals surface area (Å²) in [5, 5.41) is 4.26. The molecule has 0 aromatic carbocycles. The minimum atomic E-state index is 0.288. The van der Waals surface area contributed by atoms with Crippen molar-refractivity contribution in [2.45, 2.75) is 27.7 Å². The molecule has 0 saturated carbocycles. The third-order valence-electron chi connectivity index (χ3n) is 2.93. The van der Waals surface area contributed by atoms with E-state index in [1.54, 1.807) is 7.11 Å². The fraction of sp³-hybridized carbons (Fsp3) is 0.727. The van der Waals surface area contributed by atoms with Crippen LogP contribution < -0.4 is 15.8 Å². The number of rotatable bonds is 4. The number of anilines is 2. The number of nitrogens with zero attached hydrogens (tertiary/aromatic N) is 1. The van der Waals surface area contributed by atoms with Crippen LogP contribution in [0.15, 0.2) is 0 Å². The van der Waals surface area contributed by atoms with Crippen molar-refractivity contribution in [1.29, 1.82) is 0 Å². The highest BCUT2D eigenvalue weighted by atomic mass is 32.1. The lowest BCUT2D eigenvalue weighted by molar-refractivity contribution is 0.274. The topological polar surface area (TPSA) is 60.2 Å². The van der Waals surface area contributed by atoms with Crippen LogP contribution in [0, 0.1) is 11.3 Å². The van der Waals surface area contributed by atoms with Gasteiger partial charge in [-0.05, 0) is 22.9 Å². The third-order valence-corrected chi connectivity index (χ3v) is 3.73. The van der Waals surface area contributed by atoms with E-state index in [4.69, 9.17) is 10.5 Å². The largest absolute Gasteiger partial charge is 0.490 e. The van der Waals surface area contributed by atoms with Crippen molar-refractivity contribution in [2.24, 2.45) is 11.3 Å². The Kier molecular flexibility index (Phi) is 4.02. The lowest BCUT2D eigenvalue weighted by atomic mass is 9.82. The number of ether oxygens (including phenoxy) is 1. The van der Waals surface area contributed by atoms with E-state index in [0.717, 1.165) is 11.5 Å². The average Bonchev–Trinajstić information content (AvgIpc) is 2.54. The molecule has 0 fully saturated rings. The standard InChI is InChI=1S/C11H21N3OS/c1-7(11(2,3)4)6-13-10-8(15-5)9(12)14-16-10/h7,13H,6H2,1-5H3,(H2,12,14). The fourth-order valence-corrected chi connectivity index (χ4v) is 1.85. The Morgan fingerprint density at radius 2 is 2.12 bits per heavy atom. The zero-order valence-electron chi connectivity index (χ0n) is 10.6. The fourth-order valence-electron chi connectivity index (χ4n) is 1.16. The van der Waals surface area contributed by atoms with Crippen molar-refractivity contribution < 1.29 is 4.74 Å². The van der Waals surface area contributed by atoms with Gasteiger partial charge < -0.3 is 15.8 Å². The molecule has 16 heavy (non-hydrogen) atoms. The molecule has 1 heterocycles. The summed E-state index contributed by atoms with van der Waals surface area (Å²) in [6.07, 6.45) is 0. The maximum Gasteiger partial charge on any atom is 0.197 e. The molecule has 1 unspecified atom stereocenters. The van der Waals surface area contributed by atoms with Crippen LogP contribution in [0.25, 0.3) is 0 Å². The minimum absolute atomic E-state index is 0.288. The van der Waals surface area contributed by atoms with Crippen LogP contribution in [-0.2, 0) is 0 Å². The summed E-state index contributed by atoms with van der Waals surface area (Å²) in [6, 6.07) is 0. The molecule has 4 nitrogen and oxygen atoms in total. The van der Waals surface area contributed by atoms with Gasteiger partial charge in [0.2, 0.25) is 0 Å². The van der Waals surface area contributed by atoms with Crippen molar-refractivity contribution in [3.8, 4) is 5.75 Å². The van der Waals surface area contributed by atoms with Gasteiger partial charge in [0.1, 0.15) is 0 Å². The number of nitrogens with two attached hydrogens (primary N) is 1. The lowest BCUT2D eigenvalue weighted by Gasteiger charge is -2.27. The first-order chi connectivity index (χ1) is 7.36. The Balaban J connectivity index is 2.61. The Morgan fingerprint density at radius 1 is 1.50 bits per heavy atom. The third kappa shape index (κ3) is 3.01. The number of nitrogens with one attached hydrogen (secondary N) is 1. The zero-order chi connectivity index (χ0) is 12.3. The van der Waals surface area contributed by atoms with E-state index in [2.05, 4.69) is 37.4 Å². The Bertz CT molecular complexity index is 343. The molecular weight excluding hydrogens is 222 g/mol. The van der Waals surface area contributed by atoms with E-state index in [-0.39, 0.29) is 5.41 Å². The summed E-state index contributed by atoms with van der Waals surface area (Å²) < 4.78 is 9.25. The van der Waals surface area contributed by atoms with Crippen molar-refractivity contribution >= 4 is 22.4 Å². The normalized spacial score (nSPS) is 13.6. The molecule has 0 bridgehead atoms. The molecular formula is C11H21N3OS. The highest BCUT2D eigenvalue weighted by Crippen LogP contribution is 2.35. The van der Waals surface area contributed by atoms with Crippen LogP contribution >= 0.6 is 11.5 Å². The summed E-state index contributed by atoms with van der Waals surface area (Å²) in [4.78, 5) is 0. The first-order valence-electron chi connectivity index (χ1n) is 5.39. The molecule has 0 saturated heterocycles. The van der Waals surface area contributed by atoms with Gasteiger partial charge in [0.25, 0.3) is 0 Å². The molecule has 0 aliphatic rings.